The second-order valence-electron chi connectivity index (χ2n) is 8.53. The standard InChI is InChI=1S/C20H28F3N3O2S/c1-4-24-17(26-10-11-29(27,28)18(2,3)14-26)25-13-19(8-9-19)15-6-5-7-16(12-15)20(21,22)23/h5-7,12H,4,8-11,13-14H2,1-3H3,(H,24,25). The first-order valence-corrected chi connectivity index (χ1v) is 11.5. The van der Waals surface area contributed by atoms with E-state index in [1.807, 2.05) is 11.8 Å². The maximum atomic E-state index is 13.1. The van der Waals surface area contributed by atoms with Crippen LogP contribution in [0.4, 0.5) is 13.2 Å². The Morgan fingerprint density at radius 2 is 1.97 bits per heavy atom. The van der Waals surface area contributed by atoms with E-state index < -0.39 is 26.3 Å². The lowest BCUT2D eigenvalue weighted by Gasteiger charge is -2.39. The minimum atomic E-state index is -4.37. The molecule has 0 unspecified atom stereocenters. The quantitative estimate of drug-likeness (QED) is 0.588. The average Bonchev–Trinajstić information content (AvgIpc) is 3.42. The lowest BCUT2D eigenvalue weighted by atomic mass is 9.94. The van der Waals surface area contributed by atoms with Gasteiger partial charge in [-0.3, -0.25) is 4.99 Å². The zero-order valence-electron chi connectivity index (χ0n) is 17.0. The van der Waals surface area contributed by atoms with Crippen LogP contribution in [0.1, 0.15) is 44.7 Å². The molecule has 162 valence electrons. The number of hydrogen-bond acceptors (Lipinski definition) is 3. The van der Waals surface area contributed by atoms with Crippen molar-refractivity contribution in [2.75, 3.05) is 31.9 Å². The Kier molecular flexibility index (Phi) is 5.66. The summed E-state index contributed by atoms with van der Waals surface area (Å²) in [5.74, 6) is 0.678. The van der Waals surface area contributed by atoms with Crippen LogP contribution < -0.4 is 5.32 Å². The highest BCUT2D eigenvalue weighted by Crippen LogP contribution is 2.49. The summed E-state index contributed by atoms with van der Waals surface area (Å²) in [6.07, 6.45) is -2.79. The summed E-state index contributed by atoms with van der Waals surface area (Å²) in [5, 5.41) is 3.21. The Balaban J connectivity index is 1.81. The fourth-order valence-corrected chi connectivity index (χ4v) is 5.06. The highest BCUT2D eigenvalue weighted by atomic mass is 32.2. The number of benzene rings is 1. The SMILES string of the molecule is CCNC(=NCC1(c2cccc(C(F)(F)F)c2)CC1)N1CCS(=O)(=O)C(C)(C)C1. The normalized spacial score (nSPS) is 23.0. The molecule has 0 spiro atoms. The molecule has 1 saturated heterocycles. The van der Waals surface area contributed by atoms with E-state index >= 15 is 0 Å². The van der Waals surface area contributed by atoms with Crippen molar-refractivity contribution in [3.8, 4) is 0 Å². The van der Waals surface area contributed by atoms with Gasteiger partial charge in [-0.15, -0.1) is 0 Å². The van der Waals surface area contributed by atoms with Gasteiger partial charge in [0.15, 0.2) is 15.8 Å². The third-order valence-electron chi connectivity index (χ3n) is 5.87. The van der Waals surface area contributed by atoms with Crippen LogP contribution in [0.25, 0.3) is 0 Å². The number of guanidine groups is 1. The predicted molar refractivity (Wildman–Crippen MR) is 108 cm³/mol. The molecule has 0 radical (unpaired) electrons. The fraction of sp³-hybridized carbons (Fsp3) is 0.650. The predicted octanol–water partition coefficient (Wildman–Crippen LogP) is 3.21. The van der Waals surface area contributed by atoms with Crippen LogP contribution in [0.2, 0.25) is 0 Å². The van der Waals surface area contributed by atoms with Gasteiger partial charge in [-0.2, -0.15) is 13.2 Å². The van der Waals surface area contributed by atoms with Gasteiger partial charge < -0.3 is 10.2 Å². The van der Waals surface area contributed by atoms with E-state index in [1.54, 1.807) is 19.9 Å². The molecule has 0 amide bonds. The van der Waals surface area contributed by atoms with E-state index in [-0.39, 0.29) is 11.2 Å². The van der Waals surface area contributed by atoms with Crippen LogP contribution in [0.15, 0.2) is 29.3 Å². The molecule has 5 nitrogen and oxygen atoms in total. The summed E-state index contributed by atoms with van der Waals surface area (Å²) in [7, 11) is -3.17. The zero-order valence-corrected chi connectivity index (χ0v) is 17.8. The van der Waals surface area contributed by atoms with Crippen molar-refractivity contribution < 1.29 is 21.6 Å². The molecule has 1 aliphatic heterocycles. The van der Waals surface area contributed by atoms with Gasteiger partial charge in [0, 0.05) is 25.0 Å². The van der Waals surface area contributed by atoms with Crippen molar-refractivity contribution in [1.29, 1.82) is 0 Å². The molecule has 9 heteroatoms. The van der Waals surface area contributed by atoms with Gasteiger partial charge in [-0.1, -0.05) is 18.2 Å². The molecule has 1 aromatic carbocycles. The molecule has 29 heavy (non-hydrogen) atoms. The number of aliphatic imine (C=N–C) groups is 1. The first-order valence-electron chi connectivity index (χ1n) is 9.84. The number of hydrogen-bond donors (Lipinski definition) is 1. The van der Waals surface area contributed by atoms with Crippen LogP contribution in [-0.4, -0.2) is 56.0 Å². The largest absolute Gasteiger partial charge is 0.416 e. The van der Waals surface area contributed by atoms with Gasteiger partial charge in [0.2, 0.25) is 0 Å². The van der Waals surface area contributed by atoms with Gasteiger partial charge in [0.1, 0.15) is 0 Å². The molecule has 1 N–H and O–H groups in total. The van der Waals surface area contributed by atoms with Crippen molar-refractivity contribution >= 4 is 15.8 Å². The van der Waals surface area contributed by atoms with Crippen LogP contribution in [0.3, 0.4) is 0 Å². The van der Waals surface area contributed by atoms with Gasteiger partial charge in [0.25, 0.3) is 0 Å². The third-order valence-corrected chi connectivity index (χ3v) is 8.40. The number of nitrogens with zero attached hydrogens (tertiary/aromatic N) is 2. The van der Waals surface area contributed by atoms with Crippen LogP contribution >= 0.6 is 0 Å². The summed E-state index contributed by atoms with van der Waals surface area (Å²) < 4.78 is 62.9. The van der Waals surface area contributed by atoms with Gasteiger partial charge >= 0.3 is 6.18 Å². The van der Waals surface area contributed by atoms with Crippen molar-refractivity contribution in [2.24, 2.45) is 4.99 Å². The van der Waals surface area contributed by atoms with Crippen LogP contribution in [0, 0.1) is 0 Å². The first-order chi connectivity index (χ1) is 13.4. The van der Waals surface area contributed by atoms with E-state index in [2.05, 4.69) is 5.32 Å². The number of rotatable bonds is 4. The van der Waals surface area contributed by atoms with Gasteiger partial charge in [0.05, 0.1) is 22.6 Å². The molecule has 1 aromatic rings. The highest BCUT2D eigenvalue weighted by molar-refractivity contribution is 7.92. The summed E-state index contributed by atoms with van der Waals surface area (Å²) in [6, 6.07) is 5.50. The molecule has 1 aliphatic carbocycles. The Morgan fingerprint density at radius 3 is 2.52 bits per heavy atom. The van der Waals surface area contributed by atoms with E-state index in [9.17, 15) is 21.6 Å². The number of halogens is 3. The van der Waals surface area contributed by atoms with E-state index in [0.29, 0.717) is 37.7 Å². The molecular formula is C20H28F3N3O2S. The lowest BCUT2D eigenvalue weighted by Crippen LogP contribution is -2.57. The van der Waals surface area contributed by atoms with Gasteiger partial charge in [-0.25, -0.2) is 8.42 Å². The smallest absolute Gasteiger partial charge is 0.357 e. The monoisotopic (exact) mass is 431 g/mol. The summed E-state index contributed by atoms with van der Waals surface area (Å²) in [5.41, 5.74) is -0.354. The zero-order chi connectivity index (χ0) is 21.5. The summed E-state index contributed by atoms with van der Waals surface area (Å²) in [4.78, 5) is 6.65. The summed E-state index contributed by atoms with van der Waals surface area (Å²) in [6.45, 7) is 7.04. The molecule has 0 aromatic heterocycles. The third kappa shape index (κ3) is 4.54. The van der Waals surface area contributed by atoms with Crippen LogP contribution in [0.5, 0.6) is 0 Å². The number of alkyl halides is 3. The van der Waals surface area contributed by atoms with Crippen molar-refractivity contribution in [3.63, 3.8) is 0 Å². The Bertz CT molecular complexity index is 890. The maximum Gasteiger partial charge on any atom is 0.416 e. The Labute approximate surface area is 170 Å². The minimum Gasteiger partial charge on any atom is -0.357 e. The lowest BCUT2D eigenvalue weighted by molar-refractivity contribution is -0.137. The maximum absolute atomic E-state index is 13.1. The topological polar surface area (TPSA) is 61.8 Å². The second kappa shape index (κ2) is 7.49. The van der Waals surface area contributed by atoms with Crippen LogP contribution in [-0.2, 0) is 21.4 Å². The molecule has 2 fully saturated rings. The van der Waals surface area contributed by atoms with Crippen molar-refractivity contribution in [3.05, 3.63) is 35.4 Å². The Morgan fingerprint density at radius 1 is 1.28 bits per heavy atom. The molecule has 0 bridgehead atoms. The molecule has 1 heterocycles. The molecule has 2 aliphatic rings. The van der Waals surface area contributed by atoms with Gasteiger partial charge in [-0.05, 0) is 45.2 Å². The number of nitrogens with one attached hydrogen (secondary N) is 1. The van der Waals surface area contributed by atoms with E-state index in [0.717, 1.165) is 18.9 Å². The molecule has 1 saturated carbocycles. The van der Waals surface area contributed by atoms with E-state index in [1.165, 1.54) is 12.1 Å². The van der Waals surface area contributed by atoms with E-state index in [4.69, 9.17) is 4.99 Å². The summed E-state index contributed by atoms with van der Waals surface area (Å²) >= 11 is 0. The van der Waals surface area contributed by atoms with Crippen molar-refractivity contribution in [2.45, 2.75) is 50.0 Å². The first kappa shape index (κ1) is 21.9. The average molecular weight is 432 g/mol. The Hall–Kier alpha value is -1.77. The fourth-order valence-electron chi connectivity index (χ4n) is 3.69. The molecular weight excluding hydrogens is 403 g/mol. The molecule has 0 atom stereocenters. The molecule has 3 rings (SSSR count). The highest BCUT2D eigenvalue weighted by Gasteiger charge is 2.46. The second-order valence-corrected chi connectivity index (χ2v) is 11.3. The minimum absolute atomic E-state index is 0.0587. The number of sulfone groups is 1. The van der Waals surface area contributed by atoms with Crippen molar-refractivity contribution in [1.82, 2.24) is 10.2 Å².